The van der Waals surface area contributed by atoms with Crippen LogP contribution < -0.4 is 4.74 Å². The van der Waals surface area contributed by atoms with Crippen molar-refractivity contribution in [3.05, 3.63) is 48.0 Å². The van der Waals surface area contributed by atoms with Crippen LogP contribution in [0.25, 0.3) is 0 Å². The lowest BCUT2D eigenvalue weighted by molar-refractivity contribution is 0.0695. The van der Waals surface area contributed by atoms with Crippen molar-refractivity contribution in [2.75, 3.05) is 7.11 Å². The standard InChI is InChI=1S/C13H12N2O5S/c1-20-9-3-2-4-10(5-9)21(18,19)7-12-11(13(16)17)6-14-8-15-12/h2-6,8H,7H2,1H3,(H,16,17). The van der Waals surface area contributed by atoms with Crippen LogP contribution in [0.3, 0.4) is 0 Å². The molecule has 2 aromatic rings. The molecule has 0 aliphatic heterocycles. The van der Waals surface area contributed by atoms with Gasteiger partial charge in [0, 0.05) is 6.20 Å². The van der Waals surface area contributed by atoms with Gasteiger partial charge in [-0.2, -0.15) is 0 Å². The minimum Gasteiger partial charge on any atom is -0.497 e. The average Bonchev–Trinajstić information content (AvgIpc) is 2.47. The van der Waals surface area contributed by atoms with Gasteiger partial charge in [-0.3, -0.25) is 0 Å². The largest absolute Gasteiger partial charge is 0.497 e. The summed E-state index contributed by atoms with van der Waals surface area (Å²) in [5, 5.41) is 9.02. The minimum absolute atomic E-state index is 0.0387. The third-order valence-electron chi connectivity index (χ3n) is 2.75. The van der Waals surface area contributed by atoms with E-state index in [1.54, 1.807) is 12.1 Å². The first-order valence-electron chi connectivity index (χ1n) is 5.83. The summed E-state index contributed by atoms with van der Waals surface area (Å²) in [7, 11) is -2.31. The highest BCUT2D eigenvalue weighted by molar-refractivity contribution is 7.90. The van der Waals surface area contributed by atoms with Gasteiger partial charge < -0.3 is 9.84 Å². The number of aromatic nitrogens is 2. The maximum Gasteiger partial charge on any atom is 0.339 e. The Morgan fingerprint density at radius 2 is 2.14 bits per heavy atom. The van der Waals surface area contributed by atoms with Crippen molar-refractivity contribution in [1.82, 2.24) is 9.97 Å². The van der Waals surface area contributed by atoms with E-state index in [4.69, 9.17) is 9.84 Å². The molecule has 0 atom stereocenters. The van der Waals surface area contributed by atoms with Gasteiger partial charge in [-0.1, -0.05) is 6.07 Å². The van der Waals surface area contributed by atoms with E-state index < -0.39 is 21.6 Å². The Bertz CT molecular complexity index is 774. The van der Waals surface area contributed by atoms with Crippen molar-refractivity contribution >= 4 is 15.8 Å². The summed E-state index contributed by atoms with van der Waals surface area (Å²) in [6.07, 6.45) is 2.19. The smallest absolute Gasteiger partial charge is 0.339 e. The second-order valence-electron chi connectivity index (χ2n) is 4.13. The quantitative estimate of drug-likeness (QED) is 0.883. The van der Waals surface area contributed by atoms with Crippen molar-refractivity contribution < 1.29 is 23.1 Å². The summed E-state index contributed by atoms with van der Waals surface area (Å²) in [4.78, 5) is 18.4. The van der Waals surface area contributed by atoms with Gasteiger partial charge in [-0.05, 0) is 18.2 Å². The van der Waals surface area contributed by atoms with E-state index in [0.717, 1.165) is 12.5 Å². The lowest BCUT2D eigenvalue weighted by Crippen LogP contribution is -2.12. The van der Waals surface area contributed by atoms with Gasteiger partial charge in [-0.15, -0.1) is 0 Å². The van der Waals surface area contributed by atoms with Gasteiger partial charge in [0.2, 0.25) is 0 Å². The number of methoxy groups -OCH3 is 1. The van der Waals surface area contributed by atoms with Crippen molar-refractivity contribution in [3.8, 4) is 5.75 Å². The van der Waals surface area contributed by atoms with Gasteiger partial charge in [0.05, 0.1) is 23.5 Å². The van der Waals surface area contributed by atoms with Gasteiger partial charge in [0.25, 0.3) is 0 Å². The number of carboxylic acids is 1. The maximum absolute atomic E-state index is 12.3. The Kier molecular flexibility index (Phi) is 4.18. The molecule has 1 heterocycles. The van der Waals surface area contributed by atoms with Crippen LogP contribution in [0.15, 0.2) is 41.7 Å². The van der Waals surface area contributed by atoms with Gasteiger partial charge in [0.1, 0.15) is 17.6 Å². The second-order valence-corrected chi connectivity index (χ2v) is 6.12. The number of carboxylic acid groups (broad SMARTS) is 1. The maximum atomic E-state index is 12.3. The monoisotopic (exact) mass is 308 g/mol. The number of aromatic carboxylic acids is 1. The normalized spacial score (nSPS) is 11.1. The Hall–Kier alpha value is -2.48. The molecule has 0 spiro atoms. The predicted molar refractivity (Wildman–Crippen MR) is 72.9 cm³/mol. The van der Waals surface area contributed by atoms with E-state index in [2.05, 4.69) is 9.97 Å². The zero-order chi connectivity index (χ0) is 15.5. The van der Waals surface area contributed by atoms with Gasteiger partial charge in [0.15, 0.2) is 9.84 Å². The van der Waals surface area contributed by atoms with E-state index in [0.29, 0.717) is 5.75 Å². The molecule has 1 aromatic carbocycles. The highest BCUT2D eigenvalue weighted by Crippen LogP contribution is 2.21. The molecule has 0 radical (unpaired) electrons. The molecule has 1 N–H and O–H groups in total. The van der Waals surface area contributed by atoms with Crippen LogP contribution in [0, 0.1) is 0 Å². The number of hydrogen-bond acceptors (Lipinski definition) is 6. The van der Waals surface area contributed by atoms with E-state index in [9.17, 15) is 13.2 Å². The van der Waals surface area contributed by atoms with Crippen molar-refractivity contribution in [1.29, 1.82) is 0 Å². The molecule has 110 valence electrons. The van der Waals surface area contributed by atoms with Crippen LogP contribution in [0.4, 0.5) is 0 Å². The lowest BCUT2D eigenvalue weighted by Gasteiger charge is -2.07. The summed E-state index contributed by atoms with van der Waals surface area (Å²) in [6, 6.07) is 5.95. The summed E-state index contributed by atoms with van der Waals surface area (Å²) >= 11 is 0. The number of rotatable bonds is 5. The molecular weight excluding hydrogens is 296 g/mol. The molecular formula is C13H12N2O5S. The van der Waals surface area contributed by atoms with E-state index in [1.165, 1.54) is 19.2 Å². The molecule has 8 heteroatoms. The highest BCUT2D eigenvalue weighted by atomic mass is 32.2. The van der Waals surface area contributed by atoms with Crippen LogP contribution in [-0.4, -0.2) is 36.6 Å². The summed E-state index contributed by atoms with van der Waals surface area (Å²) < 4.78 is 29.6. The average molecular weight is 308 g/mol. The number of carbonyl (C=O) groups is 1. The summed E-state index contributed by atoms with van der Waals surface area (Å²) in [5.74, 6) is -1.40. The fraction of sp³-hybridized carbons (Fsp3) is 0.154. The first-order chi connectivity index (χ1) is 9.94. The molecule has 0 amide bonds. The molecule has 0 bridgehead atoms. The summed E-state index contributed by atoms with van der Waals surface area (Å²) in [6.45, 7) is 0. The van der Waals surface area contributed by atoms with Crippen LogP contribution >= 0.6 is 0 Å². The van der Waals surface area contributed by atoms with Gasteiger partial charge >= 0.3 is 5.97 Å². The molecule has 0 saturated heterocycles. The third kappa shape index (κ3) is 3.34. The molecule has 0 aliphatic carbocycles. The first-order valence-corrected chi connectivity index (χ1v) is 7.48. The Morgan fingerprint density at radius 1 is 1.38 bits per heavy atom. The van der Waals surface area contributed by atoms with Crippen molar-refractivity contribution in [3.63, 3.8) is 0 Å². The molecule has 1 aromatic heterocycles. The predicted octanol–water partition coefficient (Wildman–Crippen LogP) is 1.16. The van der Waals surface area contributed by atoms with E-state index >= 15 is 0 Å². The van der Waals surface area contributed by atoms with Gasteiger partial charge in [-0.25, -0.2) is 23.2 Å². The molecule has 21 heavy (non-hydrogen) atoms. The van der Waals surface area contributed by atoms with Crippen LogP contribution in [-0.2, 0) is 15.6 Å². The molecule has 0 aliphatic rings. The van der Waals surface area contributed by atoms with Crippen molar-refractivity contribution in [2.45, 2.75) is 10.6 Å². The Balaban J connectivity index is 2.40. The topological polar surface area (TPSA) is 106 Å². The van der Waals surface area contributed by atoms with E-state index in [1.807, 2.05) is 0 Å². The SMILES string of the molecule is COc1cccc(S(=O)(=O)Cc2ncncc2C(=O)O)c1. The Morgan fingerprint density at radius 3 is 2.81 bits per heavy atom. The zero-order valence-corrected chi connectivity index (χ0v) is 11.9. The van der Waals surface area contributed by atoms with Crippen LogP contribution in [0.5, 0.6) is 5.75 Å². The molecule has 2 rings (SSSR count). The molecule has 0 saturated carbocycles. The fourth-order valence-electron chi connectivity index (χ4n) is 1.71. The van der Waals surface area contributed by atoms with Crippen molar-refractivity contribution in [2.24, 2.45) is 0 Å². The van der Waals surface area contributed by atoms with Crippen LogP contribution in [0.2, 0.25) is 0 Å². The minimum atomic E-state index is -3.74. The second kappa shape index (κ2) is 5.88. The number of ether oxygens (including phenoxy) is 1. The highest BCUT2D eigenvalue weighted by Gasteiger charge is 2.21. The zero-order valence-electron chi connectivity index (χ0n) is 11.1. The number of sulfone groups is 1. The number of nitrogens with zero attached hydrogens (tertiary/aromatic N) is 2. The fourth-order valence-corrected chi connectivity index (χ4v) is 3.04. The Labute approximate surface area is 121 Å². The van der Waals surface area contributed by atoms with Crippen LogP contribution in [0.1, 0.15) is 16.1 Å². The number of hydrogen-bond donors (Lipinski definition) is 1. The third-order valence-corrected chi connectivity index (χ3v) is 4.38. The first kappa shape index (κ1) is 14.9. The molecule has 0 fully saturated rings. The number of benzene rings is 1. The summed E-state index contributed by atoms with van der Waals surface area (Å²) in [5.41, 5.74) is -0.288. The molecule has 0 unspecified atom stereocenters. The lowest BCUT2D eigenvalue weighted by atomic mass is 10.2. The van der Waals surface area contributed by atoms with E-state index in [-0.39, 0.29) is 16.2 Å². The molecule has 7 nitrogen and oxygen atoms in total.